The Bertz CT molecular complexity index is 484. The molecular weight excluding hydrogens is 298 g/mol. The Labute approximate surface area is 114 Å². The van der Waals surface area contributed by atoms with Crippen molar-refractivity contribution in [2.24, 2.45) is 0 Å². The predicted molar refractivity (Wildman–Crippen MR) is 75.9 cm³/mol. The first-order chi connectivity index (χ1) is 8.26. The lowest BCUT2D eigenvalue weighted by Crippen LogP contribution is -2.17. The molecule has 0 spiro atoms. The van der Waals surface area contributed by atoms with Gasteiger partial charge in [0, 0.05) is 4.47 Å². The molecule has 1 heterocycles. The molecule has 0 saturated heterocycles. The number of thiophene rings is 1. The minimum atomic E-state index is 0.210. The van der Waals surface area contributed by atoms with Gasteiger partial charge >= 0.3 is 0 Å². The quantitative estimate of drug-likeness (QED) is 0.926. The molecule has 0 aliphatic carbocycles. The molecule has 1 N–H and O–H groups in total. The molecule has 90 valence electrons. The maximum Gasteiger partial charge on any atom is 0.120 e. The van der Waals surface area contributed by atoms with Gasteiger partial charge in [0.15, 0.2) is 0 Å². The molecule has 1 aromatic carbocycles. The molecule has 0 aliphatic heterocycles. The lowest BCUT2D eigenvalue weighted by atomic mass is 10.0. The van der Waals surface area contributed by atoms with E-state index in [1.54, 1.807) is 18.4 Å². The fourth-order valence-electron chi connectivity index (χ4n) is 1.81. The zero-order valence-corrected chi connectivity index (χ0v) is 12.1. The largest absolute Gasteiger partial charge is 0.497 e. The Morgan fingerprint density at radius 3 is 2.71 bits per heavy atom. The van der Waals surface area contributed by atoms with Crippen molar-refractivity contribution in [2.75, 3.05) is 14.2 Å². The van der Waals surface area contributed by atoms with Crippen LogP contribution in [0.3, 0.4) is 0 Å². The Kier molecular flexibility index (Phi) is 4.20. The number of methoxy groups -OCH3 is 1. The van der Waals surface area contributed by atoms with Crippen molar-refractivity contribution in [1.82, 2.24) is 5.32 Å². The van der Waals surface area contributed by atoms with Gasteiger partial charge in [0.2, 0.25) is 0 Å². The van der Waals surface area contributed by atoms with E-state index in [4.69, 9.17) is 4.74 Å². The van der Waals surface area contributed by atoms with Crippen molar-refractivity contribution < 1.29 is 4.74 Å². The van der Waals surface area contributed by atoms with Crippen LogP contribution in [0.2, 0.25) is 0 Å². The summed E-state index contributed by atoms with van der Waals surface area (Å²) in [4.78, 5) is 0. The molecule has 0 amide bonds. The lowest BCUT2D eigenvalue weighted by Gasteiger charge is -2.17. The number of halogens is 1. The molecule has 0 bridgehead atoms. The summed E-state index contributed by atoms with van der Waals surface area (Å²) in [6.45, 7) is 0. The summed E-state index contributed by atoms with van der Waals surface area (Å²) in [7, 11) is 3.65. The number of ether oxygens (including phenoxy) is 1. The summed E-state index contributed by atoms with van der Waals surface area (Å²) in [5.74, 6) is 0.862. The predicted octanol–water partition coefficient (Wildman–Crippen LogP) is 3.83. The molecule has 1 aromatic heterocycles. The van der Waals surface area contributed by atoms with E-state index in [2.05, 4.69) is 44.1 Å². The van der Waals surface area contributed by atoms with Crippen LogP contribution >= 0.6 is 27.3 Å². The maximum absolute atomic E-state index is 5.21. The number of rotatable bonds is 4. The molecule has 2 nitrogen and oxygen atoms in total. The van der Waals surface area contributed by atoms with E-state index in [1.807, 2.05) is 19.2 Å². The van der Waals surface area contributed by atoms with Gasteiger partial charge in [-0.25, -0.2) is 0 Å². The van der Waals surface area contributed by atoms with Crippen molar-refractivity contribution in [3.63, 3.8) is 0 Å². The van der Waals surface area contributed by atoms with Crippen molar-refractivity contribution in [3.8, 4) is 5.75 Å². The van der Waals surface area contributed by atoms with E-state index in [9.17, 15) is 0 Å². The first-order valence-electron chi connectivity index (χ1n) is 5.29. The smallest absolute Gasteiger partial charge is 0.120 e. The van der Waals surface area contributed by atoms with E-state index >= 15 is 0 Å². The van der Waals surface area contributed by atoms with E-state index < -0.39 is 0 Å². The average Bonchev–Trinajstić information content (AvgIpc) is 2.85. The minimum Gasteiger partial charge on any atom is -0.497 e. The average molecular weight is 312 g/mol. The number of hydrogen-bond acceptors (Lipinski definition) is 3. The molecular formula is C13H14BrNOS. The summed E-state index contributed by atoms with van der Waals surface area (Å²) in [5.41, 5.74) is 2.50. The minimum absolute atomic E-state index is 0.210. The Morgan fingerprint density at radius 2 is 2.18 bits per heavy atom. The molecule has 17 heavy (non-hydrogen) atoms. The zero-order chi connectivity index (χ0) is 12.3. The SMILES string of the molecule is CNC(c1ccsc1)c1ccc(OC)cc1Br. The summed E-state index contributed by atoms with van der Waals surface area (Å²) in [5, 5.41) is 7.59. The van der Waals surface area contributed by atoms with Crippen molar-refractivity contribution in [2.45, 2.75) is 6.04 Å². The Balaban J connectivity index is 2.38. The third kappa shape index (κ3) is 2.70. The highest BCUT2D eigenvalue weighted by atomic mass is 79.9. The topological polar surface area (TPSA) is 21.3 Å². The highest BCUT2D eigenvalue weighted by Crippen LogP contribution is 2.31. The number of nitrogens with one attached hydrogen (secondary N) is 1. The summed E-state index contributed by atoms with van der Waals surface area (Å²) < 4.78 is 6.26. The number of benzene rings is 1. The molecule has 0 saturated carbocycles. The van der Waals surface area contributed by atoms with E-state index in [1.165, 1.54) is 11.1 Å². The fourth-order valence-corrected chi connectivity index (χ4v) is 3.08. The van der Waals surface area contributed by atoms with Crippen molar-refractivity contribution in [3.05, 3.63) is 50.6 Å². The monoisotopic (exact) mass is 311 g/mol. The fraction of sp³-hybridized carbons (Fsp3) is 0.231. The molecule has 2 rings (SSSR count). The molecule has 1 atom stereocenters. The second-order valence-electron chi connectivity index (χ2n) is 3.67. The molecule has 2 aromatic rings. The van der Waals surface area contributed by atoms with Crippen molar-refractivity contribution >= 4 is 27.3 Å². The van der Waals surface area contributed by atoms with Crippen LogP contribution in [0.15, 0.2) is 39.5 Å². The third-order valence-corrected chi connectivity index (χ3v) is 4.07. The van der Waals surface area contributed by atoms with Crippen LogP contribution in [0.4, 0.5) is 0 Å². The molecule has 0 aliphatic rings. The first-order valence-corrected chi connectivity index (χ1v) is 7.02. The van der Waals surface area contributed by atoms with Crippen LogP contribution in [0.5, 0.6) is 5.75 Å². The van der Waals surface area contributed by atoms with E-state index in [0.29, 0.717) is 0 Å². The maximum atomic E-state index is 5.21. The highest BCUT2D eigenvalue weighted by molar-refractivity contribution is 9.10. The van der Waals surface area contributed by atoms with Gasteiger partial charge in [0.1, 0.15) is 5.75 Å². The molecule has 0 fully saturated rings. The normalized spacial score (nSPS) is 12.4. The second kappa shape index (κ2) is 5.67. The highest BCUT2D eigenvalue weighted by Gasteiger charge is 2.15. The van der Waals surface area contributed by atoms with Gasteiger partial charge in [-0.15, -0.1) is 0 Å². The van der Waals surface area contributed by atoms with Crippen LogP contribution in [-0.4, -0.2) is 14.2 Å². The first kappa shape index (κ1) is 12.6. The lowest BCUT2D eigenvalue weighted by molar-refractivity contribution is 0.414. The van der Waals surface area contributed by atoms with Gasteiger partial charge in [-0.1, -0.05) is 22.0 Å². The van der Waals surface area contributed by atoms with Gasteiger partial charge < -0.3 is 10.1 Å². The van der Waals surface area contributed by atoms with Gasteiger partial charge in [0.25, 0.3) is 0 Å². The molecule has 0 radical (unpaired) electrons. The Morgan fingerprint density at radius 1 is 1.35 bits per heavy atom. The number of hydrogen-bond donors (Lipinski definition) is 1. The van der Waals surface area contributed by atoms with E-state index in [-0.39, 0.29) is 6.04 Å². The summed E-state index contributed by atoms with van der Waals surface area (Å²) >= 11 is 5.31. The van der Waals surface area contributed by atoms with Crippen LogP contribution in [0.1, 0.15) is 17.2 Å². The van der Waals surface area contributed by atoms with Crippen molar-refractivity contribution in [1.29, 1.82) is 0 Å². The van der Waals surface area contributed by atoms with Gasteiger partial charge in [-0.2, -0.15) is 11.3 Å². The Hall–Kier alpha value is -0.840. The van der Waals surface area contributed by atoms with Crippen LogP contribution < -0.4 is 10.1 Å². The van der Waals surface area contributed by atoms with Crippen LogP contribution in [-0.2, 0) is 0 Å². The molecule has 4 heteroatoms. The standard InChI is InChI=1S/C13H14BrNOS/c1-15-13(9-5-6-17-8-9)11-4-3-10(16-2)7-12(11)14/h3-8,13,15H,1-2H3. The zero-order valence-electron chi connectivity index (χ0n) is 9.74. The second-order valence-corrected chi connectivity index (χ2v) is 5.30. The van der Waals surface area contributed by atoms with Crippen LogP contribution in [0, 0.1) is 0 Å². The third-order valence-electron chi connectivity index (χ3n) is 2.68. The van der Waals surface area contributed by atoms with Gasteiger partial charge in [-0.3, -0.25) is 0 Å². The van der Waals surface area contributed by atoms with E-state index in [0.717, 1.165) is 10.2 Å². The summed E-state index contributed by atoms with van der Waals surface area (Å²) in [6.07, 6.45) is 0. The molecule has 1 unspecified atom stereocenters. The summed E-state index contributed by atoms with van der Waals surface area (Å²) in [6, 6.07) is 8.41. The van der Waals surface area contributed by atoms with Gasteiger partial charge in [0.05, 0.1) is 13.2 Å². The van der Waals surface area contributed by atoms with Gasteiger partial charge in [-0.05, 0) is 47.1 Å². The van der Waals surface area contributed by atoms with Crippen LogP contribution in [0.25, 0.3) is 0 Å².